The number of hydrogen-bond donors (Lipinski definition) is 1. The molecule has 0 radical (unpaired) electrons. The van der Waals surface area contributed by atoms with Gasteiger partial charge in [0, 0.05) is 0 Å². The molecule has 1 aliphatic heterocycles. The first-order valence-electron chi connectivity index (χ1n) is 11.2. The molecule has 0 fully saturated rings. The fourth-order valence-electron chi connectivity index (χ4n) is 4.87. The minimum Gasteiger partial charge on any atom is -0.297 e. The van der Waals surface area contributed by atoms with Gasteiger partial charge in [-0.15, -0.1) is 0 Å². The van der Waals surface area contributed by atoms with Crippen LogP contribution in [0.5, 0.6) is 0 Å². The third-order valence-corrected chi connectivity index (χ3v) is 5.97. The first-order valence-corrected chi connectivity index (χ1v) is 11.2. The van der Waals surface area contributed by atoms with Gasteiger partial charge < -0.3 is 0 Å². The van der Waals surface area contributed by atoms with E-state index in [2.05, 4.69) is 136 Å². The van der Waals surface area contributed by atoms with Gasteiger partial charge >= 0.3 is 0 Å². The average Bonchev–Trinajstić information content (AvgIpc) is 3.19. The molecule has 0 saturated heterocycles. The molecule has 1 N–H and O–H groups in total. The summed E-state index contributed by atoms with van der Waals surface area (Å²) in [6.07, 6.45) is 3.48. The fourth-order valence-corrected chi connectivity index (χ4v) is 4.87. The lowest BCUT2D eigenvalue weighted by atomic mass is 9.72. The van der Waals surface area contributed by atoms with E-state index in [0.29, 0.717) is 5.41 Å². The first kappa shape index (κ1) is 21.2. The third-order valence-electron chi connectivity index (χ3n) is 5.97. The zero-order chi connectivity index (χ0) is 22.1. The van der Waals surface area contributed by atoms with Crippen molar-refractivity contribution in [3.63, 3.8) is 0 Å². The molecular weight excluding hydrogens is 376 g/mol. The summed E-state index contributed by atoms with van der Waals surface area (Å²) >= 11 is 0. The molecule has 3 aromatic carbocycles. The molecule has 2 nitrogen and oxygen atoms in total. The maximum absolute atomic E-state index is 3.64. The van der Waals surface area contributed by atoms with Gasteiger partial charge in [-0.05, 0) is 52.1 Å². The second kappa shape index (κ2) is 8.26. The Morgan fingerprint density at radius 2 is 1.32 bits per heavy atom. The largest absolute Gasteiger partial charge is 0.297 e. The average molecular weight is 411 g/mol. The van der Waals surface area contributed by atoms with Crippen molar-refractivity contribution in [1.29, 1.82) is 0 Å². The number of hydrogen-bond acceptors (Lipinski definition) is 2. The van der Waals surface area contributed by atoms with Crippen molar-refractivity contribution in [2.24, 2.45) is 5.41 Å². The van der Waals surface area contributed by atoms with Crippen molar-refractivity contribution in [3.05, 3.63) is 108 Å². The van der Waals surface area contributed by atoms with E-state index in [4.69, 9.17) is 0 Å². The van der Waals surface area contributed by atoms with Gasteiger partial charge in [0.1, 0.15) is 0 Å². The van der Waals surface area contributed by atoms with E-state index >= 15 is 0 Å². The van der Waals surface area contributed by atoms with E-state index in [1.807, 2.05) is 0 Å². The van der Waals surface area contributed by atoms with Gasteiger partial charge in [-0.2, -0.15) is 0 Å². The van der Waals surface area contributed by atoms with Crippen LogP contribution in [0, 0.1) is 5.41 Å². The number of benzene rings is 3. The number of para-hydroxylation sites is 1. The number of nitrogens with one attached hydrogen (secondary N) is 1. The molecule has 2 heteroatoms. The van der Waals surface area contributed by atoms with E-state index in [1.54, 1.807) is 0 Å². The van der Waals surface area contributed by atoms with Crippen LogP contribution in [0.1, 0.15) is 63.8 Å². The summed E-state index contributed by atoms with van der Waals surface area (Å²) in [7, 11) is 0. The predicted octanol–water partition coefficient (Wildman–Crippen LogP) is 7.51. The first-order chi connectivity index (χ1) is 14.7. The van der Waals surface area contributed by atoms with Gasteiger partial charge in [-0.3, -0.25) is 10.4 Å². The highest BCUT2D eigenvalue weighted by Crippen LogP contribution is 2.38. The van der Waals surface area contributed by atoms with E-state index in [0.717, 1.165) is 17.8 Å². The lowest BCUT2D eigenvalue weighted by Crippen LogP contribution is -2.34. The quantitative estimate of drug-likeness (QED) is 0.468. The van der Waals surface area contributed by atoms with Crippen molar-refractivity contribution in [2.75, 3.05) is 5.01 Å². The van der Waals surface area contributed by atoms with Crippen molar-refractivity contribution < 1.29 is 0 Å². The van der Waals surface area contributed by atoms with Crippen LogP contribution in [0.3, 0.4) is 0 Å². The Labute approximate surface area is 187 Å². The molecule has 0 aliphatic carbocycles. The van der Waals surface area contributed by atoms with Crippen LogP contribution in [0.4, 0.5) is 5.69 Å². The highest BCUT2D eigenvalue weighted by Gasteiger charge is 2.29. The van der Waals surface area contributed by atoms with E-state index in [9.17, 15) is 0 Å². The van der Waals surface area contributed by atoms with Crippen LogP contribution in [0.2, 0.25) is 0 Å². The predicted molar refractivity (Wildman–Crippen MR) is 133 cm³/mol. The van der Waals surface area contributed by atoms with Gasteiger partial charge in [-0.25, -0.2) is 0 Å². The zero-order valence-electron chi connectivity index (χ0n) is 19.4. The summed E-state index contributed by atoms with van der Waals surface area (Å²) in [5, 5.41) is 2.26. The molecule has 3 aromatic rings. The topological polar surface area (TPSA) is 15.3 Å². The lowest BCUT2D eigenvalue weighted by Gasteiger charge is -2.33. The van der Waals surface area contributed by atoms with Crippen LogP contribution in [-0.4, -0.2) is 0 Å². The van der Waals surface area contributed by atoms with Crippen LogP contribution >= 0.6 is 0 Å². The Hall–Kier alpha value is -3.00. The molecule has 1 heterocycles. The number of hydrazine groups is 1. The zero-order valence-corrected chi connectivity index (χ0v) is 19.4. The van der Waals surface area contributed by atoms with Crippen LogP contribution in [0.25, 0.3) is 5.70 Å². The molecule has 1 aliphatic rings. The Morgan fingerprint density at radius 1 is 0.742 bits per heavy atom. The normalized spacial score (nSPS) is 16.7. The lowest BCUT2D eigenvalue weighted by molar-refractivity contribution is 0.284. The summed E-state index contributed by atoms with van der Waals surface area (Å²) in [4.78, 5) is 0. The summed E-state index contributed by atoms with van der Waals surface area (Å²) in [6.45, 7) is 11.7. The van der Waals surface area contributed by atoms with Crippen LogP contribution < -0.4 is 10.4 Å². The van der Waals surface area contributed by atoms with Gasteiger partial charge in [0.2, 0.25) is 0 Å². The molecule has 160 valence electrons. The van der Waals surface area contributed by atoms with Gasteiger partial charge in [0.15, 0.2) is 0 Å². The maximum atomic E-state index is 3.64. The third kappa shape index (κ3) is 4.85. The summed E-state index contributed by atoms with van der Waals surface area (Å²) in [5.41, 5.74) is 10.3. The Morgan fingerprint density at radius 3 is 1.90 bits per heavy atom. The van der Waals surface area contributed by atoms with E-state index in [1.165, 1.54) is 16.7 Å². The Kier molecular flexibility index (Phi) is 5.66. The molecule has 1 unspecified atom stereocenters. The highest BCUT2D eigenvalue weighted by molar-refractivity contribution is 5.72. The maximum Gasteiger partial charge on any atom is 0.0958 e. The second-order valence-electron chi connectivity index (χ2n) is 10.5. The second-order valence-corrected chi connectivity index (χ2v) is 10.5. The molecule has 0 spiro atoms. The summed E-state index contributed by atoms with van der Waals surface area (Å²) in [6, 6.07) is 30.5. The number of nitrogens with zero attached hydrogens (tertiary/aromatic N) is 1. The Bertz CT molecular complexity index is 1030. The molecule has 0 aromatic heterocycles. The molecule has 31 heavy (non-hydrogen) atoms. The minimum atomic E-state index is 0.136. The number of anilines is 1. The molecule has 0 saturated carbocycles. The standard InChI is InChI=1S/C29H34N2/c1-28(2,3)21-29(4,5)24-18-16-23(17-19-24)27-20-26(22-12-8-6-9-13-22)30-31(27)25-14-10-7-11-15-25/h6-20,27,30H,21H2,1-5H3. The van der Waals surface area contributed by atoms with Crippen LogP contribution in [-0.2, 0) is 5.41 Å². The fraction of sp³-hybridized carbons (Fsp3) is 0.310. The monoisotopic (exact) mass is 410 g/mol. The van der Waals surface area contributed by atoms with Gasteiger partial charge in [0.25, 0.3) is 0 Å². The van der Waals surface area contributed by atoms with Crippen molar-refractivity contribution in [3.8, 4) is 0 Å². The molecule has 0 amide bonds. The molecule has 4 rings (SSSR count). The molecule has 1 atom stereocenters. The molecular formula is C29H34N2. The van der Waals surface area contributed by atoms with Gasteiger partial charge in [-0.1, -0.05) is 107 Å². The summed E-state index contributed by atoms with van der Waals surface area (Å²) < 4.78 is 0. The van der Waals surface area contributed by atoms with E-state index in [-0.39, 0.29) is 11.5 Å². The minimum absolute atomic E-state index is 0.136. The summed E-state index contributed by atoms with van der Waals surface area (Å²) in [5.74, 6) is 0. The SMILES string of the molecule is CC(C)(C)CC(C)(C)c1ccc(C2C=C(c3ccccc3)NN2c2ccccc2)cc1. The van der Waals surface area contributed by atoms with Crippen molar-refractivity contribution in [2.45, 2.75) is 52.5 Å². The number of rotatable bonds is 5. The molecule has 0 bridgehead atoms. The van der Waals surface area contributed by atoms with Crippen molar-refractivity contribution in [1.82, 2.24) is 5.43 Å². The van der Waals surface area contributed by atoms with Crippen LogP contribution in [0.15, 0.2) is 91.0 Å². The van der Waals surface area contributed by atoms with Crippen molar-refractivity contribution >= 4 is 11.4 Å². The smallest absolute Gasteiger partial charge is 0.0958 e. The van der Waals surface area contributed by atoms with Gasteiger partial charge in [0.05, 0.1) is 17.4 Å². The highest BCUT2D eigenvalue weighted by atomic mass is 15.5. The van der Waals surface area contributed by atoms with E-state index < -0.39 is 0 Å². The Balaban J connectivity index is 1.67.